The Hall–Kier alpha value is 0.530. The first-order valence-corrected chi connectivity index (χ1v) is 8.75. The lowest BCUT2D eigenvalue weighted by atomic mass is 9.97. The number of rotatable bonds is 6. The molecule has 96 valence electrons. The molecule has 0 radical (unpaired) electrons. The van der Waals surface area contributed by atoms with Gasteiger partial charge in [-0.25, -0.2) is 5.09 Å². The van der Waals surface area contributed by atoms with Gasteiger partial charge in [0.25, 0.3) is 6.64 Å². The fraction of sp³-hybridized carbons (Fsp3) is 1.00. The van der Waals surface area contributed by atoms with Crippen LogP contribution in [0.25, 0.3) is 0 Å². The minimum absolute atomic E-state index is 0.103. The molecule has 1 rings (SSSR count). The second kappa shape index (κ2) is 6.46. The third-order valence-corrected chi connectivity index (χ3v) is 5.15. The second-order valence-electron chi connectivity index (χ2n) is 5.18. The normalized spacial score (nSPS) is 23.2. The van der Waals surface area contributed by atoms with E-state index in [-0.39, 0.29) is 5.41 Å². The summed E-state index contributed by atoms with van der Waals surface area (Å²) >= 11 is 5.39. The maximum atomic E-state index is 5.68. The SMILES string of the molecule is CCCCCCNP1(=S)OCC(C)(C)CO1. The van der Waals surface area contributed by atoms with Crippen molar-refractivity contribution in [1.29, 1.82) is 0 Å². The first kappa shape index (κ1) is 14.6. The molecule has 1 saturated heterocycles. The summed E-state index contributed by atoms with van der Waals surface area (Å²) in [7, 11) is 0. The van der Waals surface area contributed by atoms with Crippen LogP contribution in [-0.4, -0.2) is 19.8 Å². The van der Waals surface area contributed by atoms with Crippen molar-refractivity contribution in [2.75, 3.05) is 19.8 Å². The van der Waals surface area contributed by atoms with E-state index >= 15 is 0 Å². The summed E-state index contributed by atoms with van der Waals surface area (Å²) in [6, 6.07) is 0. The molecular formula is C11H24NO2PS. The average Bonchev–Trinajstić information content (AvgIpc) is 2.23. The van der Waals surface area contributed by atoms with Crippen LogP contribution in [0.2, 0.25) is 0 Å². The molecule has 1 N–H and O–H groups in total. The third kappa shape index (κ3) is 5.24. The molecule has 0 saturated carbocycles. The Labute approximate surface area is 105 Å². The Morgan fingerprint density at radius 3 is 2.38 bits per heavy atom. The predicted octanol–water partition coefficient (Wildman–Crippen LogP) is 3.45. The van der Waals surface area contributed by atoms with Gasteiger partial charge < -0.3 is 9.05 Å². The molecule has 0 atom stereocenters. The third-order valence-electron chi connectivity index (χ3n) is 2.59. The number of unbranched alkanes of at least 4 members (excludes halogenated alkanes) is 3. The van der Waals surface area contributed by atoms with E-state index in [0.29, 0.717) is 13.2 Å². The zero-order valence-corrected chi connectivity index (χ0v) is 12.3. The monoisotopic (exact) mass is 265 g/mol. The number of hydrogen-bond acceptors (Lipinski definition) is 3. The molecule has 1 aliphatic heterocycles. The van der Waals surface area contributed by atoms with Gasteiger partial charge in [-0.2, -0.15) is 0 Å². The Kier molecular flexibility index (Phi) is 5.89. The molecular weight excluding hydrogens is 241 g/mol. The second-order valence-corrected chi connectivity index (χ2v) is 8.45. The zero-order valence-electron chi connectivity index (χ0n) is 10.6. The van der Waals surface area contributed by atoms with E-state index in [0.717, 1.165) is 13.0 Å². The maximum absolute atomic E-state index is 5.68. The van der Waals surface area contributed by atoms with Crippen molar-refractivity contribution in [2.45, 2.75) is 46.5 Å². The molecule has 0 spiro atoms. The molecule has 0 aromatic carbocycles. The van der Waals surface area contributed by atoms with Gasteiger partial charge in [0.1, 0.15) is 0 Å². The zero-order chi connectivity index (χ0) is 12.1. The summed E-state index contributed by atoms with van der Waals surface area (Å²) < 4.78 is 11.4. The van der Waals surface area contributed by atoms with E-state index in [1.165, 1.54) is 19.3 Å². The fourth-order valence-electron chi connectivity index (χ4n) is 1.46. The van der Waals surface area contributed by atoms with Crippen LogP contribution in [0.5, 0.6) is 0 Å². The Balaban J connectivity index is 2.19. The molecule has 1 heterocycles. The van der Waals surface area contributed by atoms with Crippen molar-refractivity contribution in [3.05, 3.63) is 0 Å². The minimum Gasteiger partial charge on any atom is -0.317 e. The molecule has 0 amide bonds. The smallest absolute Gasteiger partial charge is 0.261 e. The Bertz CT molecular complexity index is 244. The van der Waals surface area contributed by atoms with Crippen LogP contribution >= 0.6 is 6.64 Å². The lowest BCUT2D eigenvalue weighted by Gasteiger charge is -2.36. The van der Waals surface area contributed by atoms with Gasteiger partial charge in [-0.3, -0.25) is 0 Å². The first-order chi connectivity index (χ1) is 7.47. The Morgan fingerprint density at radius 2 is 1.81 bits per heavy atom. The predicted molar refractivity (Wildman–Crippen MR) is 72.1 cm³/mol. The quantitative estimate of drug-likeness (QED) is 0.588. The molecule has 16 heavy (non-hydrogen) atoms. The number of hydrogen-bond donors (Lipinski definition) is 1. The maximum Gasteiger partial charge on any atom is 0.261 e. The van der Waals surface area contributed by atoms with E-state index in [1.54, 1.807) is 0 Å². The highest BCUT2D eigenvalue weighted by Gasteiger charge is 2.32. The van der Waals surface area contributed by atoms with Crippen molar-refractivity contribution in [3.8, 4) is 0 Å². The van der Waals surface area contributed by atoms with E-state index in [4.69, 9.17) is 20.9 Å². The van der Waals surface area contributed by atoms with Gasteiger partial charge in [-0.15, -0.1) is 0 Å². The summed E-state index contributed by atoms with van der Waals surface area (Å²) in [4.78, 5) is 0. The summed E-state index contributed by atoms with van der Waals surface area (Å²) in [6.07, 6.45) is 4.96. The van der Waals surface area contributed by atoms with Gasteiger partial charge in [-0.05, 0) is 18.2 Å². The van der Waals surface area contributed by atoms with Crippen molar-refractivity contribution in [3.63, 3.8) is 0 Å². The van der Waals surface area contributed by atoms with Gasteiger partial charge in [0, 0.05) is 12.0 Å². The van der Waals surface area contributed by atoms with Crippen LogP contribution in [0, 0.1) is 5.41 Å². The van der Waals surface area contributed by atoms with Crippen LogP contribution in [-0.2, 0) is 20.9 Å². The molecule has 0 unspecified atom stereocenters. The average molecular weight is 265 g/mol. The van der Waals surface area contributed by atoms with Gasteiger partial charge in [0.05, 0.1) is 13.2 Å². The topological polar surface area (TPSA) is 30.5 Å². The van der Waals surface area contributed by atoms with Gasteiger partial charge in [0.2, 0.25) is 0 Å². The molecule has 1 fully saturated rings. The van der Waals surface area contributed by atoms with Crippen LogP contribution in [0.15, 0.2) is 0 Å². The van der Waals surface area contributed by atoms with Gasteiger partial charge in [-0.1, -0.05) is 40.0 Å². The van der Waals surface area contributed by atoms with E-state index in [1.807, 2.05) is 0 Å². The van der Waals surface area contributed by atoms with Crippen molar-refractivity contribution >= 4 is 18.4 Å². The summed E-state index contributed by atoms with van der Waals surface area (Å²) in [5.74, 6) is 0. The van der Waals surface area contributed by atoms with Crippen molar-refractivity contribution < 1.29 is 9.05 Å². The summed E-state index contributed by atoms with van der Waals surface area (Å²) in [5, 5.41) is 3.28. The van der Waals surface area contributed by atoms with Crippen LogP contribution in [0.1, 0.15) is 46.5 Å². The van der Waals surface area contributed by atoms with E-state index < -0.39 is 6.64 Å². The highest BCUT2D eigenvalue weighted by molar-refractivity contribution is 8.09. The molecule has 5 heteroatoms. The Morgan fingerprint density at radius 1 is 1.19 bits per heavy atom. The van der Waals surface area contributed by atoms with E-state index in [9.17, 15) is 0 Å². The highest BCUT2D eigenvalue weighted by Crippen LogP contribution is 2.50. The molecule has 0 aliphatic carbocycles. The van der Waals surface area contributed by atoms with Crippen molar-refractivity contribution in [1.82, 2.24) is 5.09 Å². The summed E-state index contributed by atoms with van der Waals surface area (Å²) in [5.41, 5.74) is 0.103. The minimum atomic E-state index is -2.16. The molecule has 1 aliphatic rings. The van der Waals surface area contributed by atoms with Crippen LogP contribution in [0.3, 0.4) is 0 Å². The van der Waals surface area contributed by atoms with E-state index in [2.05, 4.69) is 25.9 Å². The van der Waals surface area contributed by atoms with Crippen LogP contribution in [0.4, 0.5) is 0 Å². The standard InChI is InChI=1S/C11H24NO2PS/c1-4-5-6-7-8-12-15(16)13-9-11(2,3)10-14-15/h4-10H2,1-3H3,(H,12,16). The molecule has 3 nitrogen and oxygen atoms in total. The van der Waals surface area contributed by atoms with Gasteiger partial charge in [0.15, 0.2) is 0 Å². The fourth-order valence-corrected chi connectivity index (χ4v) is 3.78. The highest BCUT2D eigenvalue weighted by atomic mass is 32.5. The summed E-state index contributed by atoms with van der Waals surface area (Å²) in [6.45, 7) is 6.63. The molecule has 0 bridgehead atoms. The first-order valence-electron chi connectivity index (χ1n) is 6.12. The molecule has 0 aromatic rings. The van der Waals surface area contributed by atoms with Gasteiger partial charge >= 0.3 is 0 Å². The lowest BCUT2D eigenvalue weighted by molar-refractivity contribution is 0.0566. The largest absolute Gasteiger partial charge is 0.317 e. The lowest BCUT2D eigenvalue weighted by Crippen LogP contribution is -2.33. The van der Waals surface area contributed by atoms with Crippen molar-refractivity contribution in [2.24, 2.45) is 5.41 Å². The molecule has 0 aromatic heterocycles. The number of nitrogens with one attached hydrogen (secondary N) is 1. The van der Waals surface area contributed by atoms with Crippen LogP contribution < -0.4 is 5.09 Å².